The third kappa shape index (κ3) is 5.96. The number of hydrogen-bond acceptors (Lipinski definition) is 3. The van der Waals surface area contributed by atoms with Gasteiger partial charge in [-0.05, 0) is 17.9 Å². The normalized spacial score (nSPS) is 17.5. The van der Waals surface area contributed by atoms with E-state index in [1.165, 1.54) is 0 Å². The second-order valence-electron chi connectivity index (χ2n) is 6.77. The van der Waals surface area contributed by atoms with Gasteiger partial charge < -0.3 is 15.0 Å². The number of likely N-dealkylation sites (tertiary alicyclic amines) is 1. The molecular formula is C19H28N2O3. The third-order valence-electron chi connectivity index (χ3n) is 4.02. The molecule has 1 fully saturated rings. The van der Waals surface area contributed by atoms with E-state index in [-0.39, 0.29) is 17.7 Å². The van der Waals surface area contributed by atoms with Gasteiger partial charge in [-0.25, -0.2) is 0 Å². The second-order valence-corrected chi connectivity index (χ2v) is 6.77. The van der Waals surface area contributed by atoms with Crippen LogP contribution in [-0.2, 0) is 20.9 Å². The van der Waals surface area contributed by atoms with Crippen molar-refractivity contribution in [3.05, 3.63) is 35.9 Å². The van der Waals surface area contributed by atoms with Crippen molar-refractivity contribution in [2.24, 2.45) is 11.8 Å². The molecule has 24 heavy (non-hydrogen) atoms. The number of hydrogen-bond donors (Lipinski definition) is 1. The number of nitrogens with one attached hydrogen (secondary N) is 1. The summed E-state index contributed by atoms with van der Waals surface area (Å²) in [5, 5.41) is 2.92. The molecule has 5 nitrogen and oxygen atoms in total. The van der Waals surface area contributed by atoms with Crippen molar-refractivity contribution in [2.45, 2.75) is 33.2 Å². The highest BCUT2D eigenvalue weighted by Crippen LogP contribution is 2.20. The van der Waals surface area contributed by atoms with Crippen molar-refractivity contribution in [3.8, 4) is 0 Å². The first-order chi connectivity index (χ1) is 11.6. The number of carbonyl (C=O) groups is 2. The highest BCUT2D eigenvalue weighted by atomic mass is 16.5. The summed E-state index contributed by atoms with van der Waals surface area (Å²) in [6.07, 6.45) is 1.11. The minimum absolute atomic E-state index is 0.0252. The van der Waals surface area contributed by atoms with Gasteiger partial charge in [-0.3, -0.25) is 9.59 Å². The smallest absolute Gasteiger partial charge is 0.225 e. The Morgan fingerprint density at radius 3 is 2.79 bits per heavy atom. The molecule has 1 N–H and O–H groups in total. The van der Waals surface area contributed by atoms with Gasteiger partial charge in [0.2, 0.25) is 11.8 Å². The maximum absolute atomic E-state index is 12.2. The fraction of sp³-hybridized carbons (Fsp3) is 0.579. The summed E-state index contributed by atoms with van der Waals surface area (Å²) in [6, 6.07) is 9.87. The van der Waals surface area contributed by atoms with Crippen LogP contribution in [0.15, 0.2) is 30.3 Å². The lowest BCUT2D eigenvalue weighted by molar-refractivity contribution is -0.129. The fourth-order valence-corrected chi connectivity index (χ4v) is 2.75. The van der Waals surface area contributed by atoms with E-state index < -0.39 is 0 Å². The van der Waals surface area contributed by atoms with Gasteiger partial charge in [0, 0.05) is 39.3 Å². The summed E-state index contributed by atoms with van der Waals surface area (Å²) < 4.78 is 5.49. The first-order valence-electron chi connectivity index (χ1n) is 8.73. The summed E-state index contributed by atoms with van der Waals surface area (Å²) in [5.74, 6) is 0.319. The summed E-state index contributed by atoms with van der Waals surface area (Å²) in [5.41, 5.74) is 1.09. The Bertz CT molecular complexity index is 531. The zero-order valence-electron chi connectivity index (χ0n) is 14.7. The molecule has 1 atom stereocenters. The van der Waals surface area contributed by atoms with Crippen molar-refractivity contribution in [3.63, 3.8) is 0 Å². The van der Waals surface area contributed by atoms with Gasteiger partial charge in [-0.15, -0.1) is 0 Å². The van der Waals surface area contributed by atoms with Crippen LogP contribution in [0, 0.1) is 11.8 Å². The predicted octanol–water partition coefficient (Wildman–Crippen LogP) is 2.21. The Morgan fingerprint density at radius 2 is 2.08 bits per heavy atom. The summed E-state index contributed by atoms with van der Waals surface area (Å²) in [4.78, 5) is 26.1. The maximum atomic E-state index is 12.2. The van der Waals surface area contributed by atoms with Crippen LogP contribution in [0.3, 0.4) is 0 Å². The van der Waals surface area contributed by atoms with Gasteiger partial charge in [0.25, 0.3) is 0 Å². The molecule has 2 amide bonds. The molecule has 0 radical (unpaired) electrons. The van der Waals surface area contributed by atoms with Gasteiger partial charge in [0.15, 0.2) is 0 Å². The predicted molar refractivity (Wildman–Crippen MR) is 93.2 cm³/mol. The monoisotopic (exact) mass is 332 g/mol. The molecule has 1 aliphatic rings. The van der Waals surface area contributed by atoms with E-state index in [2.05, 4.69) is 19.2 Å². The van der Waals surface area contributed by atoms with Gasteiger partial charge >= 0.3 is 0 Å². The number of rotatable bonds is 9. The van der Waals surface area contributed by atoms with Crippen LogP contribution in [0.25, 0.3) is 0 Å². The van der Waals surface area contributed by atoms with Crippen molar-refractivity contribution in [1.82, 2.24) is 10.2 Å². The molecule has 5 heteroatoms. The summed E-state index contributed by atoms with van der Waals surface area (Å²) >= 11 is 0. The molecule has 0 bridgehead atoms. The number of amides is 2. The minimum atomic E-state index is -0.238. The summed E-state index contributed by atoms with van der Waals surface area (Å²) in [6.45, 7) is 7.30. The number of nitrogens with zero attached hydrogens (tertiary/aromatic N) is 1. The Labute approximate surface area is 144 Å². The zero-order chi connectivity index (χ0) is 17.4. The van der Waals surface area contributed by atoms with E-state index in [9.17, 15) is 9.59 Å². The number of benzene rings is 1. The van der Waals surface area contributed by atoms with E-state index in [0.717, 1.165) is 18.6 Å². The van der Waals surface area contributed by atoms with E-state index in [1.54, 1.807) is 4.90 Å². The van der Waals surface area contributed by atoms with Crippen LogP contribution in [0.5, 0.6) is 0 Å². The standard InChI is InChI=1S/C19H28N2O3/c1-15(2)14-24-10-6-9-20-19(23)17-11-18(22)21(13-17)12-16-7-4-3-5-8-16/h3-5,7-8,15,17H,6,9-14H2,1-2H3,(H,20,23). The molecular weight excluding hydrogens is 304 g/mol. The Kier molecular flexibility index (Phi) is 7.25. The van der Waals surface area contributed by atoms with Crippen LogP contribution in [0.1, 0.15) is 32.3 Å². The van der Waals surface area contributed by atoms with Gasteiger partial charge in [-0.1, -0.05) is 44.2 Å². The van der Waals surface area contributed by atoms with Gasteiger partial charge in [-0.2, -0.15) is 0 Å². The zero-order valence-corrected chi connectivity index (χ0v) is 14.7. The molecule has 0 spiro atoms. The number of ether oxygens (including phenoxy) is 1. The van der Waals surface area contributed by atoms with Crippen LogP contribution < -0.4 is 5.32 Å². The molecule has 0 saturated carbocycles. The first-order valence-corrected chi connectivity index (χ1v) is 8.73. The van der Waals surface area contributed by atoms with Crippen molar-refractivity contribution in [1.29, 1.82) is 0 Å². The maximum Gasteiger partial charge on any atom is 0.225 e. The second kappa shape index (κ2) is 9.42. The molecule has 2 rings (SSSR count). The quantitative estimate of drug-likeness (QED) is 0.706. The lowest BCUT2D eigenvalue weighted by Crippen LogP contribution is -2.33. The molecule has 1 heterocycles. The topological polar surface area (TPSA) is 58.6 Å². The lowest BCUT2D eigenvalue weighted by atomic mass is 10.1. The molecule has 0 aliphatic carbocycles. The minimum Gasteiger partial charge on any atom is -0.381 e. The molecule has 0 aromatic heterocycles. The van der Waals surface area contributed by atoms with Gasteiger partial charge in [0.05, 0.1) is 5.92 Å². The fourth-order valence-electron chi connectivity index (χ4n) is 2.75. The largest absolute Gasteiger partial charge is 0.381 e. The van der Waals surface area contributed by atoms with E-state index in [1.807, 2.05) is 30.3 Å². The molecule has 1 aliphatic heterocycles. The lowest BCUT2D eigenvalue weighted by Gasteiger charge is -2.16. The molecule has 1 aromatic carbocycles. The SMILES string of the molecule is CC(C)COCCCNC(=O)C1CC(=O)N(Cc2ccccc2)C1. The Hall–Kier alpha value is -1.88. The van der Waals surface area contributed by atoms with Crippen LogP contribution in [-0.4, -0.2) is 43.0 Å². The highest BCUT2D eigenvalue weighted by Gasteiger charge is 2.33. The molecule has 1 aromatic rings. The first kappa shape index (κ1) is 18.5. The Balaban J connectivity index is 1.67. The van der Waals surface area contributed by atoms with E-state index >= 15 is 0 Å². The average Bonchev–Trinajstić information content (AvgIpc) is 2.92. The Morgan fingerprint density at radius 1 is 1.33 bits per heavy atom. The van der Waals surface area contributed by atoms with Crippen LogP contribution in [0.2, 0.25) is 0 Å². The van der Waals surface area contributed by atoms with E-state index in [0.29, 0.717) is 38.6 Å². The van der Waals surface area contributed by atoms with Gasteiger partial charge in [0.1, 0.15) is 0 Å². The average molecular weight is 332 g/mol. The van der Waals surface area contributed by atoms with Crippen molar-refractivity contribution < 1.29 is 14.3 Å². The van der Waals surface area contributed by atoms with Crippen molar-refractivity contribution >= 4 is 11.8 Å². The van der Waals surface area contributed by atoms with Crippen LogP contribution in [0.4, 0.5) is 0 Å². The third-order valence-corrected chi connectivity index (χ3v) is 4.02. The van der Waals surface area contributed by atoms with Crippen molar-refractivity contribution in [2.75, 3.05) is 26.3 Å². The molecule has 132 valence electrons. The molecule has 1 saturated heterocycles. The highest BCUT2D eigenvalue weighted by molar-refractivity contribution is 5.89. The molecule has 1 unspecified atom stereocenters. The van der Waals surface area contributed by atoms with E-state index in [4.69, 9.17) is 4.74 Å². The summed E-state index contributed by atoms with van der Waals surface area (Å²) in [7, 11) is 0. The number of carbonyl (C=O) groups excluding carboxylic acids is 2. The van der Waals surface area contributed by atoms with Crippen LogP contribution >= 0.6 is 0 Å².